The quantitative estimate of drug-likeness (QED) is 0.733. The van der Waals surface area contributed by atoms with Crippen molar-refractivity contribution in [1.29, 1.82) is 0 Å². The number of H-pyrrole nitrogens is 1. The lowest BCUT2D eigenvalue weighted by Crippen LogP contribution is -2.27. The lowest BCUT2D eigenvalue weighted by molar-refractivity contribution is 0.580. The van der Waals surface area contributed by atoms with Crippen LogP contribution in [0.2, 0.25) is 0 Å². The molecule has 2 aromatic heterocycles. The molecule has 0 unspecified atom stereocenters. The number of aromatic nitrogens is 2. The second-order valence-corrected chi connectivity index (χ2v) is 6.73. The van der Waals surface area contributed by atoms with Gasteiger partial charge in [-0.25, -0.2) is 18.1 Å². The third kappa shape index (κ3) is 3.21. The maximum atomic E-state index is 12.2. The van der Waals surface area contributed by atoms with E-state index in [4.69, 9.17) is 5.73 Å². The van der Waals surface area contributed by atoms with E-state index in [9.17, 15) is 8.42 Å². The monoisotopic (exact) mass is 300 g/mol. The molecule has 6 nitrogen and oxygen atoms in total. The molecule has 0 spiro atoms. The van der Waals surface area contributed by atoms with E-state index in [2.05, 4.69) is 14.7 Å². The van der Waals surface area contributed by atoms with Gasteiger partial charge in [0.2, 0.25) is 10.0 Å². The maximum Gasteiger partial charge on any atom is 0.241 e. The zero-order valence-corrected chi connectivity index (χ0v) is 12.1. The highest BCUT2D eigenvalue weighted by atomic mass is 32.2. The lowest BCUT2D eigenvalue weighted by atomic mass is 10.3. The summed E-state index contributed by atoms with van der Waals surface area (Å²) in [5.74, 6) is 0.754. The molecule has 0 aromatic carbocycles. The summed E-state index contributed by atoms with van der Waals surface area (Å²) >= 11 is 1.37. The Morgan fingerprint density at radius 2 is 2.32 bits per heavy atom. The van der Waals surface area contributed by atoms with Crippen molar-refractivity contribution in [3.63, 3.8) is 0 Å². The third-order valence-corrected chi connectivity index (χ3v) is 5.60. The zero-order chi connectivity index (χ0) is 13.9. The largest absolute Gasteiger partial charge is 0.349 e. The van der Waals surface area contributed by atoms with Gasteiger partial charge in [0.1, 0.15) is 10.7 Å². The van der Waals surface area contributed by atoms with E-state index in [-0.39, 0.29) is 6.54 Å². The van der Waals surface area contributed by atoms with Crippen LogP contribution in [-0.2, 0) is 23.0 Å². The smallest absolute Gasteiger partial charge is 0.241 e. The summed E-state index contributed by atoms with van der Waals surface area (Å²) in [5, 5.41) is 1.81. The fourth-order valence-corrected chi connectivity index (χ4v) is 4.53. The molecule has 2 heterocycles. The first kappa shape index (κ1) is 14.2. The van der Waals surface area contributed by atoms with Crippen molar-refractivity contribution in [2.75, 3.05) is 6.54 Å². The first-order chi connectivity index (χ1) is 9.04. The van der Waals surface area contributed by atoms with Crippen molar-refractivity contribution in [3.05, 3.63) is 34.0 Å². The van der Waals surface area contributed by atoms with Crippen LogP contribution >= 0.6 is 11.3 Å². The Bertz CT molecular complexity index is 632. The summed E-state index contributed by atoms with van der Waals surface area (Å²) in [7, 11) is -3.50. The molecule has 8 heteroatoms. The van der Waals surface area contributed by atoms with Crippen LogP contribution in [0.15, 0.2) is 22.7 Å². The Labute approximate surface area is 116 Å². The molecule has 0 fully saturated rings. The third-order valence-electron chi connectivity index (χ3n) is 2.65. The van der Waals surface area contributed by atoms with Crippen LogP contribution in [0.25, 0.3) is 0 Å². The SMILES string of the molecule is Cc1csc(CN)c1S(=O)(=O)NCCc1ncc[nH]1. The van der Waals surface area contributed by atoms with Gasteiger partial charge in [0.05, 0.1) is 0 Å². The number of hydrogen-bond acceptors (Lipinski definition) is 5. The van der Waals surface area contributed by atoms with E-state index in [1.165, 1.54) is 11.3 Å². The number of hydrogen-bond donors (Lipinski definition) is 3. The predicted octanol–water partition coefficient (Wildman–Crippen LogP) is 0.759. The van der Waals surface area contributed by atoms with Crippen molar-refractivity contribution in [2.45, 2.75) is 24.8 Å². The van der Waals surface area contributed by atoms with Gasteiger partial charge in [-0.05, 0) is 17.9 Å². The number of aromatic amines is 1. The molecule has 0 bridgehead atoms. The molecule has 0 aliphatic heterocycles. The molecule has 0 aliphatic carbocycles. The van der Waals surface area contributed by atoms with Crippen LogP contribution in [0, 0.1) is 6.92 Å². The summed E-state index contributed by atoms with van der Waals surface area (Å²) in [5.41, 5.74) is 6.30. The van der Waals surface area contributed by atoms with E-state index in [1.807, 2.05) is 5.38 Å². The number of nitrogens with two attached hydrogens (primary N) is 1. The standard InChI is InChI=1S/C11H16N4O2S2/c1-8-7-18-9(6-12)11(8)19(16,17)15-3-2-10-13-4-5-14-10/h4-5,7,15H,2-3,6,12H2,1H3,(H,13,14). The van der Waals surface area contributed by atoms with Gasteiger partial charge in [0.15, 0.2) is 0 Å². The maximum absolute atomic E-state index is 12.2. The molecule has 0 aliphatic rings. The molecule has 0 amide bonds. The molecule has 2 aromatic rings. The van der Waals surface area contributed by atoms with E-state index in [1.54, 1.807) is 19.3 Å². The Balaban J connectivity index is 2.07. The van der Waals surface area contributed by atoms with Crippen molar-refractivity contribution in [3.8, 4) is 0 Å². The van der Waals surface area contributed by atoms with Crippen LogP contribution in [-0.4, -0.2) is 24.9 Å². The van der Waals surface area contributed by atoms with E-state index < -0.39 is 10.0 Å². The molecule has 0 saturated carbocycles. The fraction of sp³-hybridized carbons (Fsp3) is 0.364. The molecular weight excluding hydrogens is 284 g/mol. The molecule has 2 rings (SSSR count). The molecule has 104 valence electrons. The minimum absolute atomic E-state index is 0.229. The van der Waals surface area contributed by atoms with Crippen molar-refractivity contribution >= 4 is 21.4 Å². The second kappa shape index (κ2) is 5.83. The number of imidazole rings is 1. The number of aryl methyl sites for hydroxylation is 1. The van der Waals surface area contributed by atoms with E-state index >= 15 is 0 Å². The van der Waals surface area contributed by atoms with Crippen LogP contribution in [0.1, 0.15) is 16.3 Å². The van der Waals surface area contributed by atoms with Crippen LogP contribution < -0.4 is 10.5 Å². The van der Waals surface area contributed by atoms with Crippen LogP contribution in [0.3, 0.4) is 0 Å². The number of thiophene rings is 1. The van der Waals surface area contributed by atoms with E-state index in [0.717, 1.165) is 11.4 Å². The average Bonchev–Trinajstić information content (AvgIpc) is 2.98. The second-order valence-electron chi connectivity index (χ2n) is 4.06. The lowest BCUT2D eigenvalue weighted by Gasteiger charge is -2.07. The Morgan fingerprint density at radius 3 is 2.95 bits per heavy atom. The summed E-state index contributed by atoms with van der Waals surface area (Å²) in [6.45, 7) is 2.30. The Hall–Kier alpha value is -1.22. The zero-order valence-electron chi connectivity index (χ0n) is 10.5. The summed E-state index contributed by atoms with van der Waals surface area (Å²) < 4.78 is 27.0. The summed E-state index contributed by atoms with van der Waals surface area (Å²) in [6.07, 6.45) is 3.87. The topological polar surface area (TPSA) is 101 Å². The fourth-order valence-electron chi connectivity index (χ4n) is 1.80. The molecular formula is C11H16N4O2S2. The molecule has 0 atom stereocenters. The Kier molecular flexibility index (Phi) is 4.35. The minimum atomic E-state index is -3.50. The Morgan fingerprint density at radius 1 is 1.53 bits per heavy atom. The predicted molar refractivity (Wildman–Crippen MR) is 74.4 cm³/mol. The summed E-state index contributed by atoms with van der Waals surface area (Å²) in [6, 6.07) is 0. The van der Waals surface area contributed by atoms with Gasteiger partial charge in [-0.2, -0.15) is 0 Å². The number of nitrogens with one attached hydrogen (secondary N) is 2. The van der Waals surface area contributed by atoms with Crippen LogP contribution in [0.5, 0.6) is 0 Å². The van der Waals surface area contributed by atoms with Crippen LogP contribution in [0.4, 0.5) is 0 Å². The number of rotatable bonds is 6. The highest BCUT2D eigenvalue weighted by Gasteiger charge is 2.21. The van der Waals surface area contributed by atoms with Gasteiger partial charge in [0.25, 0.3) is 0 Å². The average molecular weight is 300 g/mol. The van der Waals surface area contributed by atoms with Gasteiger partial charge in [0, 0.05) is 36.8 Å². The van der Waals surface area contributed by atoms with Crippen molar-refractivity contribution in [2.24, 2.45) is 5.73 Å². The minimum Gasteiger partial charge on any atom is -0.349 e. The van der Waals surface area contributed by atoms with E-state index in [0.29, 0.717) is 22.7 Å². The van der Waals surface area contributed by atoms with Crippen molar-refractivity contribution < 1.29 is 8.42 Å². The molecule has 19 heavy (non-hydrogen) atoms. The van der Waals surface area contributed by atoms with Gasteiger partial charge in [-0.15, -0.1) is 11.3 Å². The highest BCUT2D eigenvalue weighted by Crippen LogP contribution is 2.26. The molecule has 4 N–H and O–H groups in total. The highest BCUT2D eigenvalue weighted by molar-refractivity contribution is 7.89. The van der Waals surface area contributed by atoms with Gasteiger partial charge >= 0.3 is 0 Å². The first-order valence-electron chi connectivity index (χ1n) is 5.79. The van der Waals surface area contributed by atoms with Gasteiger partial charge < -0.3 is 10.7 Å². The summed E-state index contributed by atoms with van der Waals surface area (Å²) in [4.78, 5) is 7.97. The van der Waals surface area contributed by atoms with Gasteiger partial charge in [-0.1, -0.05) is 0 Å². The normalized spacial score (nSPS) is 11.9. The molecule has 0 radical (unpaired) electrons. The first-order valence-corrected chi connectivity index (χ1v) is 8.16. The van der Waals surface area contributed by atoms with Crippen molar-refractivity contribution in [1.82, 2.24) is 14.7 Å². The van der Waals surface area contributed by atoms with Gasteiger partial charge in [-0.3, -0.25) is 0 Å². The molecule has 0 saturated heterocycles. The number of nitrogens with zero attached hydrogens (tertiary/aromatic N) is 1. The number of sulfonamides is 1.